The third-order valence-corrected chi connectivity index (χ3v) is 5.11. The van der Waals surface area contributed by atoms with Crippen LogP contribution in [0.15, 0.2) is 48.7 Å². The number of nitrogens with zero attached hydrogens (tertiary/aromatic N) is 4. The van der Waals surface area contributed by atoms with Crippen molar-refractivity contribution in [3.05, 3.63) is 65.1 Å². The molecule has 2 aromatic heterocycles. The number of fused-ring (bicyclic) bond motifs is 1. The summed E-state index contributed by atoms with van der Waals surface area (Å²) in [5.41, 5.74) is 2.62. The minimum Gasteiger partial charge on any atom is -0.323 e. The van der Waals surface area contributed by atoms with Gasteiger partial charge in [0.2, 0.25) is 5.91 Å². The molecule has 4 rings (SSSR count). The molecular formula is C20H19ClN4O2. The number of carbonyl (C=O) groups is 2. The summed E-state index contributed by atoms with van der Waals surface area (Å²) in [6.07, 6.45) is 1.82. The molecule has 0 bridgehead atoms. The van der Waals surface area contributed by atoms with Gasteiger partial charge in [-0.25, -0.2) is 4.98 Å². The average Bonchev–Trinajstić information content (AvgIpc) is 2.98. The summed E-state index contributed by atoms with van der Waals surface area (Å²) >= 11 is 6.06. The zero-order valence-corrected chi connectivity index (χ0v) is 15.8. The molecule has 1 unspecified atom stereocenters. The topological polar surface area (TPSA) is 57.9 Å². The number of piperazine rings is 1. The van der Waals surface area contributed by atoms with Gasteiger partial charge in [-0.3, -0.25) is 14.0 Å². The van der Waals surface area contributed by atoms with Crippen LogP contribution in [0.5, 0.6) is 0 Å². The first kappa shape index (κ1) is 17.5. The fraction of sp³-hybridized carbons (Fsp3) is 0.250. The maximum atomic E-state index is 13.2. The molecule has 3 aromatic rings. The van der Waals surface area contributed by atoms with Gasteiger partial charge in [-0.1, -0.05) is 23.7 Å². The monoisotopic (exact) mass is 382 g/mol. The fourth-order valence-electron chi connectivity index (χ4n) is 3.52. The van der Waals surface area contributed by atoms with Gasteiger partial charge in [0, 0.05) is 29.5 Å². The van der Waals surface area contributed by atoms with E-state index in [0.717, 1.165) is 11.3 Å². The highest BCUT2D eigenvalue weighted by Gasteiger charge is 2.35. The Bertz CT molecular complexity index is 1050. The number of imidazole rings is 1. The first-order valence-corrected chi connectivity index (χ1v) is 9.14. The zero-order valence-electron chi connectivity index (χ0n) is 15.1. The molecule has 1 aromatic carbocycles. The third-order valence-electron chi connectivity index (χ3n) is 4.87. The lowest BCUT2D eigenvalue weighted by Crippen LogP contribution is -2.57. The molecule has 0 aliphatic carbocycles. The van der Waals surface area contributed by atoms with Crippen molar-refractivity contribution in [3.63, 3.8) is 0 Å². The molecule has 0 saturated carbocycles. The molecule has 1 aliphatic heterocycles. The lowest BCUT2D eigenvalue weighted by atomic mass is 10.1. The molecule has 1 saturated heterocycles. The van der Waals surface area contributed by atoms with Crippen LogP contribution in [0.4, 0.5) is 5.69 Å². The molecule has 138 valence electrons. The Morgan fingerprint density at radius 3 is 2.81 bits per heavy atom. The van der Waals surface area contributed by atoms with Gasteiger partial charge >= 0.3 is 0 Å². The molecule has 27 heavy (non-hydrogen) atoms. The third kappa shape index (κ3) is 3.06. The van der Waals surface area contributed by atoms with E-state index in [1.165, 1.54) is 0 Å². The van der Waals surface area contributed by atoms with E-state index in [4.69, 9.17) is 11.6 Å². The number of pyridine rings is 1. The smallest absolute Gasteiger partial charge is 0.273 e. The van der Waals surface area contributed by atoms with Gasteiger partial charge in [0.1, 0.15) is 17.9 Å². The maximum Gasteiger partial charge on any atom is 0.273 e. The Morgan fingerprint density at radius 1 is 1.22 bits per heavy atom. The molecule has 1 fully saturated rings. The second-order valence-electron chi connectivity index (χ2n) is 6.74. The maximum absolute atomic E-state index is 13.2. The van der Waals surface area contributed by atoms with Crippen LogP contribution >= 0.6 is 11.6 Å². The van der Waals surface area contributed by atoms with E-state index < -0.39 is 0 Å². The summed E-state index contributed by atoms with van der Waals surface area (Å²) in [7, 11) is 0. The van der Waals surface area contributed by atoms with Gasteiger partial charge < -0.3 is 9.80 Å². The van der Waals surface area contributed by atoms with E-state index in [2.05, 4.69) is 4.98 Å². The second kappa shape index (κ2) is 6.70. The summed E-state index contributed by atoms with van der Waals surface area (Å²) < 4.78 is 1.78. The summed E-state index contributed by atoms with van der Waals surface area (Å²) in [5, 5.41) is 0.577. The van der Waals surface area contributed by atoms with Gasteiger partial charge in [0.15, 0.2) is 0 Å². The number of hydrogen-bond acceptors (Lipinski definition) is 3. The lowest BCUT2D eigenvalue weighted by molar-refractivity contribution is -0.121. The van der Waals surface area contributed by atoms with Gasteiger partial charge in [-0.2, -0.15) is 0 Å². The predicted octanol–water partition coefficient (Wildman–Crippen LogP) is 3.17. The SMILES string of the molecule is Cc1nc2ccccn2c1C(=O)N1CC(=O)N(c2cccc(Cl)c2)CC1C. The van der Waals surface area contributed by atoms with Crippen molar-refractivity contribution in [3.8, 4) is 0 Å². The highest BCUT2D eigenvalue weighted by molar-refractivity contribution is 6.30. The summed E-state index contributed by atoms with van der Waals surface area (Å²) in [5.74, 6) is -0.312. The number of amides is 2. The zero-order chi connectivity index (χ0) is 19.1. The molecule has 3 heterocycles. The molecule has 6 nitrogen and oxygen atoms in total. The normalized spacial score (nSPS) is 17.6. The van der Waals surface area contributed by atoms with Crippen molar-refractivity contribution in [1.82, 2.24) is 14.3 Å². The Balaban J connectivity index is 1.63. The number of anilines is 1. The van der Waals surface area contributed by atoms with Crippen molar-refractivity contribution >= 4 is 34.7 Å². The van der Waals surface area contributed by atoms with Crippen LogP contribution in [0.25, 0.3) is 5.65 Å². The van der Waals surface area contributed by atoms with E-state index >= 15 is 0 Å². The first-order chi connectivity index (χ1) is 13.0. The Kier molecular flexibility index (Phi) is 4.36. The highest BCUT2D eigenvalue weighted by Crippen LogP contribution is 2.25. The van der Waals surface area contributed by atoms with E-state index in [1.807, 2.05) is 50.4 Å². The van der Waals surface area contributed by atoms with E-state index in [1.54, 1.807) is 26.3 Å². The van der Waals surface area contributed by atoms with Crippen LogP contribution in [-0.4, -0.2) is 45.2 Å². The summed E-state index contributed by atoms with van der Waals surface area (Å²) in [6.45, 7) is 4.20. The lowest BCUT2D eigenvalue weighted by Gasteiger charge is -2.39. The molecule has 1 aliphatic rings. The average molecular weight is 383 g/mol. The van der Waals surface area contributed by atoms with Gasteiger partial charge in [-0.15, -0.1) is 0 Å². The molecular weight excluding hydrogens is 364 g/mol. The van der Waals surface area contributed by atoms with Crippen molar-refractivity contribution in [2.75, 3.05) is 18.0 Å². The molecule has 0 radical (unpaired) electrons. The van der Waals surface area contributed by atoms with Crippen molar-refractivity contribution < 1.29 is 9.59 Å². The van der Waals surface area contributed by atoms with Gasteiger partial charge in [0.25, 0.3) is 5.91 Å². The van der Waals surface area contributed by atoms with E-state index in [0.29, 0.717) is 23.0 Å². The van der Waals surface area contributed by atoms with Crippen molar-refractivity contribution in [2.45, 2.75) is 19.9 Å². The first-order valence-electron chi connectivity index (χ1n) is 8.76. The van der Waals surface area contributed by atoms with Crippen LogP contribution in [-0.2, 0) is 4.79 Å². The van der Waals surface area contributed by atoms with Gasteiger partial charge in [0.05, 0.1) is 5.69 Å². The molecule has 0 N–H and O–H groups in total. The molecule has 7 heteroatoms. The Hall–Kier alpha value is -2.86. The highest BCUT2D eigenvalue weighted by atomic mass is 35.5. The molecule has 0 spiro atoms. The van der Waals surface area contributed by atoms with Crippen molar-refractivity contribution in [2.24, 2.45) is 0 Å². The van der Waals surface area contributed by atoms with Crippen LogP contribution in [0.3, 0.4) is 0 Å². The van der Waals surface area contributed by atoms with Crippen LogP contribution in [0.1, 0.15) is 23.1 Å². The second-order valence-corrected chi connectivity index (χ2v) is 7.18. The largest absolute Gasteiger partial charge is 0.323 e. The fourth-order valence-corrected chi connectivity index (χ4v) is 3.71. The predicted molar refractivity (Wildman–Crippen MR) is 104 cm³/mol. The van der Waals surface area contributed by atoms with E-state index in [-0.39, 0.29) is 24.4 Å². The minimum atomic E-state index is -0.183. The Morgan fingerprint density at radius 2 is 2.04 bits per heavy atom. The van der Waals surface area contributed by atoms with Crippen molar-refractivity contribution in [1.29, 1.82) is 0 Å². The summed E-state index contributed by atoms with van der Waals surface area (Å²) in [6, 6.07) is 12.7. The number of halogens is 1. The van der Waals surface area contributed by atoms with Gasteiger partial charge in [-0.05, 0) is 44.2 Å². The standard InChI is InChI=1S/C20H19ClN4O2/c1-13-11-25(16-7-5-6-15(21)10-16)18(26)12-24(13)20(27)19-14(2)22-17-8-3-4-9-23(17)19/h3-10,13H,11-12H2,1-2H3. The van der Waals surface area contributed by atoms with Crippen LogP contribution in [0.2, 0.25) is 5.02 Å². The number of carbonyl (C=O) groups excluding carboxylic acids is 2. The number of benzene rings is 1. The van der Waals surface area contributed by atoms with Crippen LogP contribution in [0, 0.1) is 6.92 Å². The number of aromatic nitrogens is 2. The molecule has 1 atom stereocenters. The van der Waals surface area contributed by atoms with Crippen LogP contribution < -0.4 is 4.90 Å². The Labute approximate surface area is 162 Å². The number of rotatable bonds is 2. The summed E-state index contributed by atoms with van der Waals surface area (Å²) in [4.78, 5) is 33.7. The van der Waals surface area contributed by atoms with E-state index in [9.17, 15) is 9.59 Å². The quantitative estimate of drug-likeness (QED) is 0.684. The number of aryl methyl sites for hydroxylation is 1. The molecule has 2 amide bonds. The number of hydrogen-bond donors (Lipinski definition) is 0. The minimum absolute atomic E-state index is 0.0199.